The van der Waals surface area contributed by atoms with Crippen molar-refractivity contribution in [2.45, 2.75) is 25.4 Å². The van der Waals surface area contributed by atoms with Gasteiger partial charge in [-0.15, -0.1) is 0 Å². The van der Waals surface area contributed by atoms with E-state index in [1.807, 2.05) is 11.9 Å². The lowest BCUT2D eigenvalue weighted by Crippen LogP contribution is -2.33. The van der Waals surface area contributed by atoms with Gasteiger partial charge in [-0.2, -0.15) is 10.4 Å². The van der Waals surface area contributed by atoms with Crippen LogP contribution >= 0.6 is 11.6 Å². The van der Waals surface area contributed by atoms with Crippen molar-refractivity contribution in [1.82, 2.24) is 20.2 Å². The minimum absolute atomic E-state index is 0.0123. The molecule has 120 valence electrons. The fourth-order valence-electron chi connectivity index (χ4n) is 2.84. The largest absolute Gasteiger partial charge is 0.376 e. The van der Waals surface area contributed by atoms with Crippen molar-refractivity contribution in [2.75, 3.05) is 25.1 Å². The lowest BCUT2D eigenvalue weighted by molar-refractivity contribution is 0.108. The first-order valence-electron chi connectivity index (χ1n) is 7.35. The zero-order chi connectivity index (χ0) is 16.4. The number of nitriles is 1. The zero-order valence-electron chi connectivity index (χ0n) is 13.0. The van der Waals surface area contributed by atoms with Crippen LogP contribution in [0.15, 0.2) is 12.4 Å². The van der Waals surface area contributed by atoms with Crippen LogP contribution in [0.25, 0.3) is 0 Å². The van der Waals surface area contributed by atoms with Crippen LogP contribution in [0.4, 0.5) is 5.82 Å². The number of pyridine rings is 1. The molecular weight excluding hydrogens is 316 g/mol. The number of likely N-dealkylation sites (N-methyl/N-ethyl adjacent to an activating group) is 1. The predicted octanol–water partition coefficient (Wildman–Crippen LogP) is 2.04. The SMILES string of the molecule is Cc1nc(N(C)C[C@H]2OCC[C@H]2c2ncn[nH]2)c(Cl)cc1C#N. The van der Waals surface area contributed by atoms with E-state index in [2.05, 4.69) is 26.2 Å². The molecule has 2 atom stereocenters. The molecule has 7 nitrogen and oxygen atoms in total. The van der Waals surface area contributed by atoms with E-state index in [1.54, 1.807) is 13.0 Å². The molecule has 1 fully saturated rings. The summed E-state index contributed by atoms with van der Waals surface area (Å²) < 4.78 is 5.84. The third kappa shape index (κ3) is 3.14. The van der Waals surface area contributed by atoms with E-state index in [0.717, 1.165) is 12.2 Å². The zero-order valence-corrected chi connectivity index (χ0v) is 13.7. The van der Waals surface area contributed by atoms with Gasteiger partial charge in [0, 0.05) is 26.1 Å². The van der Waals surface area contributed by atoms with Crippen LogP contribution in [-0.2, 0) is 4.74 Å². The van der Waals surface area contributed by atoms with Gasteiger partial charge in [0.05, 0.1) is 22.4 Å². The Labute approximate surface area is 139 Å². The number of anilines is 1. The maximum atomic E-state index is 9.04. The summed E-state index contributed by atoms with van der Waals surface area (Å²) >= 11 is 6.27. The molecule has 0 amide bonds. The molecular formula is C15H17ClN6O. The van der Waals surface area contributed by atoms with Crippen LogP contribution in [0.5, 0.6) is 0 Å². The third-order valence-corrected chi connectivity index (χ3v) is 4.36. The van der Waals surface area contributed by atoms with Gasteiger partial charge in [0.15, 0.2) is 0 Å². The minimum Gasteiger partial charge on any atom is -0.376 e. The molecule has 1 N–H and O–H groups in total. The Morgan fingerprint density at radius 3 is 3.09 bits per heavy atom. The topological polar surface area (TPSA) is 90.7 Å². The summed E-state index contributed by atoms with van der Waals surface area (Å²) in [6.07, 6.45) is 2.40. The number of nitrogens with one attached hydrogen (secondary N) is 1. The Morgan fingerprint density at radius 1 is 1.57 bits per heavy atom. The number of nitrogens with zero attached hydrogens (tertiary/aromatic N) is 5. The molecule has 0 radical (unpaired) electrons. The second-order valence-corrected chi connectivity index (χ2v) is 6.00. The molecule has 0 aromatic carbocycles. The number of hydrogen-bond donors (Lipinski definition) is 1. The predicted molar refractivity (Wildman–Crippen MR) is 85.4 cm³/mol. The molecule has 2 aromatic rings. The number of aryl methyl sites for hydroxylation is 1. The van der Waals surface area contributed by atoms with Crippen molar-refractivity contribution >= 4 is 17.4 Å². The first kappa shape index (κ1) is 15.7. The molecule has 0 bridgehead atoms. The Morgan fingerprint density at radius 2 is 2.39 bits per heavy atom. The van der Waals surface area contributed by atoms with Gasteiger partial charge in [-0.3, -0.25) is 5.10 Å². The van der Waals surface area contributed by atoms with Crippen LogP contribution in [0.2, 0.25) is 5.02 Å². The van der Waals surface area contributed by atoms with E-state index < -0.39 is 0 Å². The number of ether oxygens (including phenoxy) is 1. The third-order valence-electron chi connectivity index (χ3n) is 4.08. The van der Waals surface area contributed by atoms with Gasteiger partial charge in [-0.25, -0.2) is 9.97 Å². The maximum Gasteiger partial charge on any atom is 0.147 e. The van der Waals surface area contributed by atoms with Gasteiger partial charge in [0.1, 0.15) is 24.0 Å². The van der Waals surface area contributed by atoms with Crippen LogP contribution in [-0.4, -0.2) is 46.5 Å². The highest BCUT2D eigenvalue weighted by Crippen LogP contribution is 2.31. The van der Waals surface area contributed by atoms with Gasteiger partial charge in [0.2, 0.25) is 0 Å². The minimum atomic E-state index is -0.0123. The van der Waals surface area contributed by atoms with Gasteiger partial charge in [-0.1, -0.05) is 11.6 Å². The van der Waals surface area contributed by atoms with Crippen LogP contribution < -0.4 is 4.90 Å². The van der Waals surface area contributed by atoms with Gasteiger partial charge >= 0.3 is 0 Å². The van der Waals surface area contributed by atoms with E-state index in [1.165, 1.54) is 6.33 Å². The Bertz CT molecular complexity index is 726. The molecule has 0 saturated carbocycles. The molecule has 8 heteroatoms. The van der Waals surface area contributed by atoms with Gasteiger partial charge in [-0.05, 0) is 19.4 Å². The molecule has 3 heterocycles. The summed E-state index contributed by atoms with van der Waals surface area (Å²) in [5.74, 6) is 1.67. The highest BCUT2D eigenvalue weighted by molar-refractivity contribution is 6.33. The number of rotatable bonds is 4. The van der Waals surface area contributed by atoms with E-state index in [9.17, 15) is 0 Å². The lowest BCUT2D eigenvalue weighted by atomic mass is 10.0. The molecule has 0 spiro atoms. The van der Waals surface area contributed by atoms with Gasteiger partial charge in [0.25, 0.3) is 0 Å². The summed E-state index contributed by atoms with van der Waals surface area (Å²) in [5, 5.41) is 16.3. The van der Waals surface area contributed by atoms with E-state index in [4.69, 9.17) is 21.6 Å². The van der Waals surface area contributed by atoms with Crippen LogP contribution in [0.1, 0.15) is 29.4 Å². The number of H-pyrrole nitrogens is 1. The van der Waals surface area contributed by atoms with Gasteiger partial charge < -0.3 is 9.64 Å². The molecule has 2 aromatic heterocycles. The molecule has 0 aliphatic carbocycles. The Kier molecular flexibility index (Phi) is 4.46. The average molecular weight is 333 g/mol. The molecule has 23 heavy (non-hydrogen) atoms. The highest BCUT2D eigenvalue weighted by Gasteiger charge is 2.33. The van der Waals surface area contributed by atoms with Crippen LogP contribution in [0, 0.1) is 18.3 Å². The standard InChI is InChI=1S/C15H17ClN6O/c1-9-10(6-17)5-12(16)15(20-9)22(2)7-13-11(3-4-23-13)14-18-8-19-21-14/h5,8,11,13H,3-4,7H2,1-2H3,(H,18,19,21)/t11-,13-/m1/s1. The molecule has 1 aliphatic rings. The number of aromatic nitrogens is 4. The first-order valence-corrected chi connectivity index (χ1v) is 7.73. The van der Waals surface area contributed by atoms with E-state index in [0.29, 0.717) is 35.2 Å². The Balaban J connectivity index is 1.78. The number of aromatic amines is 1. The molecule has 0 unspecified atom stereocenters. The Hall–Kier alpha value is -2.17. The van der Waals surface area contributed by atoms with Crippen molar-refractivity contribution in [3.8, 4) is 6.07 Å². The van der Waals surface area contributed by atoms with Crippen molar-refractivity contribution in [1.29, 1.82) is 5.26 Å². The summed E-state index contributed by atoms with van der Waals surface area (Å²) in [6, 6.07) is 3.74. The quantitative estimate of drug-likeness (QED) is 0.921. The number of halogens is 1. The summed E-state index contributed by atoms with van der Waals surface area (Å²) in [6.45, 7) is 3.12. The fraction of sp³-hybridized carbons (Fsp3) is 0.467. The van der Waals surface area contributed by atoms with Crippen molar-refractivity contribution in [3.63, 3.8) is 0 Å². The average Bonchev–Trinajstić information content (AvgIpc) is 3.19. The lowest BCUT2D eigenvalue weighted by Gasteiger charge is -2.25. The summed E-state index contributed by atoms with van der Waals surface area (Å²) in [5.41, 5.74) is 1.15. The normalized spacial score (nSPS) is 20.4. The van der Waals surface area contributed by atoms with Crippen LogP contribution in [0.3, 0.4) is 0 Å². The number of hydrogen-bond acceptors (Lipinski definition) is 6. The van der Waals surface area contributed by atoms with Crippen molar-refractivity contribution in [2.24, 2.45) is 0 Å². The summed E-state index contributed by atoms with van der Waals surface area (Å²) in [7, 11) is 1.92. The first-order chi connectivity index (χ1) is 11.1. The molecule has 1 saturated heterocycles. The van der Waals surface area contributed by atoms with E-state index >= 15 is 0 Å². The maximum absolute atomic E-state index is 9.04. The second kappa shape index (κ2) is 6.52. The fourth-order valence-corrected chi connectivity index (χ4v) is 3.14. The smallest absolute Gasteiger partial charge is 0.147 e. The monoisotopic (exact) mass is 332 g/mol. The molecule has 1 aliphatic heterocycles. The highest BCUT2D eigenvalue weighted by atomic mass is 35.5. The molecule has 3 rings (SSSR count). The summed E-state index contributed by atoms with van der Waals surface area (Å²) in [4.78, 5) is 10.6. The van der Waals surface area contributed by atoms with E-state index in [-0.39, 0.29) is 12.0 Å². The van der Waals surface area contributed by atoms with Crippen molar-refractivity contribution in [3.05, 3.63) is 34.5 Å². The van der Waals surface area contributed by atoms with Crippen molar-refractivity contribution < 1.29 is 4.74 Å². The second-order valence-electron chi connectivity index (χ2n) is 5.59.